The standard InChI is InChI=1S/C68H67B2N/c1-14-15-32-71-63-30-24-57(18-16-55-20-26-59(27-21-55)69(65-47(6)33-43(2)34-48(65)7)66-49(8)35-44(3)36-50(66)9)41-61(63)62-42-58(25-31-64(62)71)19-17-56-22-28-60(29-23-56)70(67-51(10)37-45(4)38-52(67)11)68-53(12)39-46(5)40-54(68)13/h20-31,33-42H,14-15,32H2,1-13H3. The SMILES string of the molecule is CCCCn1c2ccc(C#Cc3ccc(B(c4c(C)cc(C)cc4C)c4c(C)cc(C)cc4C)cc3)cc2c2cc(C#Cc3ccc(B(c4c(C)cc(C)cc4C)c4c(C)cc(C)cc4C)cc3)ccc21. The van der Waals surface area contributed by atoms with Crippen molar-refractivity contribution < 1.29 is 0 Å². The van der Waals surface area contributed by atoms with Crippen LogP contribution in [-0.4, -0.2) is 18.0 Å². The first kappa shape index (κ1) is 48.8. The molecule has 3 heteroatoms. The van der Waals surface area contributed by atoms with E-state index in [0.29, 0.717) is 0 Å². The molecule has 0 aliphatic heterocycles. The molecule has 1 nitrogen and oxygen atoms in total. The van der Waals surface area contributed by atoms with Crippen molar-refractivity contribution in [3.63, 3.8) is 0 Å². The second kappa shape index (κ2) is 20.3. The highest BCUT2D eigenvalue weighted by Crippen LogP contribution is 2.31. The normalized spacial score (nSPS) is 11.1. The molecule has 0 amide bonds. The third-order valence-electron chi connectivity index (χ3n) is 14.9. The summed E-state index contributed by atoms with van der Waals surface area (Å²) < 4.78 is 2.48. The molecule has 0 aliphatic carbocycles. The topological polar surface area (TPSA) is 4.93 Å². The number of aromatic nitrogens is 1. The minimum Gasteiger partial charge on any atom is -0.340 e. The van der Waals surface area contributed by atoms with Gasteiger partial charge in [-0.3, -0.25) is 0 Å². The molecule has 0 bridgehead atoms. The van der Waals surface area contributed by atoms with Crippen molar-refractivity contribution in [2.75, 3.05) is 0 Å². The van der Waals surface area contributed by atoms with Gasteiger partial charge in [-0.1, -0.05) is 209 Å². The smallest absolute Gasteiger partial charge is 0.242 e. The van der Waals surface area contributed by atoms with Crippen LogP contribution in [-0.2, 0) is 6.54 Å². The number of aryl methyl sites for hydroxylation is 13. The molecule has 0 unspecified atom stereocenters. The molecule has 9 aromatic rings. The Balaban J connectivity index is 1.04. The molecular formula is C68H67B2N. The third kappa shape index (κ3) is 9.95. The first-order valence-corrected chi connectivity index (χ1v) is 25.7. The lowest BCUT2D eigenvalue weighted by Gasteiger charge is -2.24. The average Bonchev–Trinajstić information content (AvgIpc) is 3.62. The van der Waals surface area contributed by atoms with Gasteiger partial charge >= 0.3 is 0 Å². The maximum absolute atomic E-state index is 3.56. The van der Waals surface area contributed by atoms with Crippen LogP contribution >= 0.6 is 0 Å². The highest BCUT2D eigenvalue weighted by atomic mass is 15.0. The summed E-state index contributed by atoms with van der Waals surface area (Å²) in [6, 6.07) is 50.1. The molecule has 0 N–H and O–H groups in total. The molecule has 0 atom stereocenters. The van der Waals surface area contributed by atoms with Crippen molar-refractivity contribution in [2.45, 2.75) is 109 Å². The van der Waals surface area contributed by atoms with Gasteiger partial charge in [0.05, 0.1) is 0 Å². The first-order chi connectivity index (χ1) is 34.1. The highest BCUT2D eigenvalue weighted by Gasteiger charge is 2.30. The second-order valence-corrected chi connectivity index (χ2v) is 20.8. The van der Waals surface area contributed by atoms with Crippen LogP contribution in [0.25, 0.3) is 21.8 Å². The largest absolute Gasteiger partial charge is 0.340 e. The summed E-state index contributed by atoms with van der Waals surface area (Å²) >= 11 is 0. The summed E-state index contributed by atoms with van der Waals surface area (Å²) in [5, 5.41) is 2.44. The van der Waals surface area contributed by atoms with Gasteiger partial charge in [-0.15, -0.1) is 0 Å². The molecule has 0 aliphatic rings. The maximum Gasteiger partial charge on any atom is 0.242 e. The lowest BCUT2D eigenvalue weighted by atomic mass is 9.34. The summed E-state index contributed by atoms with van der Waals surface area (Å²) in [6.07, 6.45) is 2.25. The Morgan fingerprint density at radius 2 is 0.606 bits per heavy atom. The second-order valence-electron chi connectivity index (χ2n) is 20.8. The summed E-state index contributed by atoms with van der Waals surface area (Å²) in [4.78, 5) is 0. The van der Waals surface area contributed by atoms with E-state index in [-0.39, 0.29) is 13.4 Å². The summed E-state index contributed by atoms with van der Waals surface area (Å²) in [5.41, 5.74) is 30.6. The highest BCUT2D eigenvalue weighted by molar-refractivity contribution is 6.97. The van der Waals surface area contributed by atoms with Crippen LogP contribution in [0.15, 0.2) is 133 Å². The minimum absolute atomic E-state index is 0.134. The summed E-state index contributed by atoms with van der Waals surface area (Å²) in [7, 11) is 0. The van der Waals surface area contributed by atoms with Gasteiger partial charge in [-0.2, -0.15) is 0 Å². The van der Waals surface area contributed by atoms with Gasteiger partial charge in [0.1, 0.15) is 0 Å². The van der Waals surface area contributed by atoms with Crippen LogP contribution < -0.4 is 32.8 Å². The average molecular weight is 920 g/mol. The van der Waals surface area contributed by atoms with Crippen LogP contribution in [0.3, 0.4) is 0 Å². The fraction of sp³-hybridized carbons (Fsp3) is 0.235. The fourth-order valence-corrected chi connectivity index (χ4v) is 12.2. The van der Waals surface area contributed by atoms with Gasteiger partial charge in [-0.25, -0.2) is 0 Å². The number of benzene rings is 8. The van der Waals surface area contributed by atoms with Gasteiger partial charge < -0.3 is 4.57 Å². The van der Waals surface area contributed by atoms with Crippen LogP contribution in [0.1, 0.15) is 109 Å². The van der Waals surface area contributed by atoms with Crippen molar-refractivity contribution in [1.82, 2.24) is 4.57 Å². The minimum atomic E-state index is 0.134. The number of hydrogen-bond acceptors (Lipinski definition) is 0. The van der Waals surface area contributed by atoms with E-state index in [1.54, 1.807) is 0 Å². The van der Waals surface area contributed by atoms with E-state index in [1.807, 2.05) is 0 Å². The third-order valence-corrected chi connectivity index (χ3v) is 14.9. The Bertz CT molecular complexity index is 3210. The van der Waals surface area contributed by atoms with Crippen LogP contribution in [0.5, 0.6) is 0 Å². The van der Waals surface area contributed by atoms with E-state index >= 15 is 0 Å². The van der Waals surface area contributed by atoms with E-state index in [0.717, 1.165) is 41.6 Å². The van der Waals surface area contributed by atoms with Gasteiger partial charge in [-0.05, 0) is 150 Å². The van der Waals surface area contributed by atoms with E-state index < -0.39 is 0 Å². The Labute approximate surface area is 425 Å². The molecule has 0 saturated carbocycles. The van der Waals surface area contributed by atoms with E-state index in [4.69, 9.17) is 0 Å². The van der Waals surface area contributed by atoms with E-state index in [1.165, 1.54) is 121 Å². The lowest BCUT2D eigenvalue weighted by molar-refractivity contribution is 0.665. The van der Waals surface area contributed by atoms with E-state index in [9.17, 15) is 0 Å². The van der Waals surface area contributed by atoms with Crippen LogP contribution in [0.4, 0.5) is 0 Å². The number of rotatable bonds is 9. The monoisotopic (exact) mass is 920 g/mol. The molecule has 71 heavy (non-hydrogen) atoms. The van der Waals surface area contributed by atoms with Gasteiger partial charge in [0.25, 0.3) is 0 Å². The van der Waals surface area contributed by atoms with Gasteiger partial charge in [0.15, 0.2) is 0 Å². The zero-order chi connectivity index (χ0) is 50.2. The number of nitrogens with zero attached hydrogens (tertiary/aromatic N) is 1. The molecular weight excluding hydrogens is 852 g/mol. The molecule has 9 rings (SSSR count). The Morgan fingerprint density at radius 3 is 0.887 bits per heavy atom. The molecule has 0 saturated heterocycles. The van der Waals surface area contributed by atoms with Crippen molar-refractivity contribution in [3.05, 3.63) is 222 Å². The Kier molecular flexibility index (Phi) is 13.9. The van der Waals surface area contributed by atoms with Crippen molar-refractivity contribution in [2.24, 2.45) is 0 Å². The molecule has 1 heterocycles. The molecule has 0 spiro atoms. The zero-order valence-corrected chi connectivity index (χ0v) is 44.4. The summed E-state index contributed by atoms with van der Waals surface area (Å²) in [5.74, 6) is 14.2. The predicted octanol–water partition coefficient (Wildman–Crippen LogP) is 12.1. The zero-order valence-electron chi connectivity index (χ0n) is 44.4. The number of hydrogen-bond donors (Lipinski definition) is 0. The van der Waals surface area contributed by atoms with Crippen molar-refractivity contribution in [3.8, 4) is 23.7 Å². The molecule has 8 aromatic carbocycles. The Morgan fingerprint density at radius 1 is 0.338 bits per heavy atom. The van der Waals surface area contributed by atoms with Crippen LogP contribution in [0, 0.1) is 107 Å². The quantitative estimate of drug-likeness (QED) is 0.100. The maximum atomic E-state index is 3.56. The first-order valence-electron chi connectivity index (χ1n) is 25.7. The fourth-order valence-electron chi connectivity index (χ4n) is 12.2. The molecule has 0 fully saturated rings. The lowest BCUT2D eigenvalue weighted by Crippen LogP contribution is -2.55. The summed E-state index contributed by atoms with van der Waals surface area (Å²) in [6.45, 7) is 30.4. The van der Waals surface area contributed by atoms with Gasteiger partial charge in [0, 0.05) is 50.6 Å². The number of unbranched alkanes of at least 4 members (excludes halogenated alkanes) is 1. The predicted molar refractivity (Wildman–Crippen MR) is 311 cm³/mol. The van der Waals surface area contributed by atoms with Gasteiger partial charge in [0.2, 0.25) is 13.4 Å². The molecule has 350 valence electrons. The van der Waals surface area contributed by atoms with Crippen LogP contribution in [0.2, 0.25) is 0 Å². The molecule has 0 radical (unpaired) electrons. The van der Waals surface area contributed by atoms with E-state index in [2.05, 4.69) is 252 Å². The van der Waals surface area contributed by atoms with Crippen molar-refractivity contribution >= 4 is 68.0 Å². The van der Waals surface area contributed by atoms with Crippen molar-refractivity contribution in [1.29, 1.82) is 0 Å². The molecule has 1 aromatic heterocycles. The number of fused-ring (bicyclic) bond motifs is 3. The Hall–Kier alpha value is -7.19.